The SMILES string of the molecule is O=C1CCC(N2Cc3ccc(Br)c(OC(F)(F)F)c3C2=O)C(=O)N1. The Morgan fingerprint density at radius 1 is 1.25 bits per heavy atom. The zero-order chi connectivity index (χ0) is 17.6. The molecule has 0 aromatic heterocycles. The topological polar surface area (TPSA) is 75.7 Å². The zero-order valence-corrected chi connectivity index (χ0v) is 13.5. The molecule has 3 rings (SSSR count). The standard InChI is InChI=1S/C14H10BrF3N2O4/c15-7-2-1-6-5-20(8-3-4-9(21)19-12(8)22)13(23)10(6)11(7)24-14(16,17)18/h1-2,8H,3-5H2,(H,19,21,22). The van der Waals surface area contributed by atoms with Crippen LogP contribution in [0.2, 0.25) is 0 Å². The summed E-state index contributed by atoms with van der Waals surface area (Å²) < 4.78 is 41.8. The predicted octanol–water partition coefficient (Wildman–Crippen LogP) is 2.11. The number of halogens is 4. The average molecular weight is 407 g/mol. The number of carbonyl (C=O) groups excluding carboxylic acids is 3. The molecule has 1 unspecified atom stereocenters. The van der Waals surface area contributed by atoms with Crippen molar-refractivity contribution in [3.05, 3.63) is 27.7 Å². The second kappa shape index (κ2) is 5.76. The van der Waals surface area contributed by atoms with Gasteiger partial charge >= 0.3 is 6.36 Å². The van der Waals surface area contributed by atoms with E-state index in [1.165, 1.54) is 12.1 Å². The number of imide groups is 1. The monoisotopic (exact) mass is 406 g/mol. The van der Waals surface area contributed by atoms with Crippen LogP contribution in [0.15, 0.2) is 16.6 Å². The molecule has 6 nitrogen and oxygen atoms in total. The lowest BCUT2D eigenvalue weighted by Crippen LogP contribution is -2.52. The third-order valence-corrected chi connectivity index (χ3v) is 4.44. The lowest BCUT2D eigenvalue weighted by molar-refractivity contribution is -0.275. The highest BCUT2D eigenvalue weighted by atomic mass is 79.9. The van der Waals surface area contributed by atoms with Gasteiger partial charge in [-0.1, -0.05) is 6.07 Å². The molecule has 2 heterocycles. The molecule has 2 aliphatic heterocycles. The third-order valence-electron chi connectivity index (χ3n) is 3.82. The number of amides is 3. The molecule has 3 amide bonds. The minimum absolute atomic E-state index is 0.0166. The molecule has 0 spiro atoms. The molecule has 0 radical (unpaired) electrons. The molecule has 1 atom stereocenters. The van der Waals surface area contributed by atoms with E-state index >= 15 is 0 Å². The van der Waals surface area contributed by atoms with Crippen molar-refractivity contribution >= 4 is 33.7 Å². The number of fused-ring (bicyclic) bond motifs is 1. The molecule has 10 heteroatoms. The first-order valence-electron chi connectivity index (χ1n) is 6.89. The molecule has 2 aliphatic rings. The molecule has 1 saturated heterocycles. The van der Waals surface area contributed by atoms with Crippen LogP contribution in [0, 0.1) is 0 Å². The maximum absolute atomic E-state index is 12.6. The van der Waals surface area contributed by atoms with Crippen molar-refractivity contribution in [2.75, 3.05) is 0 Å². The van der Waals surface area contributed by atoms with Gasteiger partial charge in [0.1, 0.15) is 6.04 Å². The molecule has 1 aromatic rings. The minimum Gasteiger partial charge on any atom is -0.404 e. The Kier molecular flexibility index (Phi) is 4.02. The van der Waals surface area contributed by atoms with Crippen LogP contribution in [0.3, 0.4) is 0 Å². The number of alkyl halides is 3. The van der Waals surface area contributed by atoms with Crippen molar-refractivity contribution < 1.29 is 32.3 Å². The largest absolute Gasteiger partial charge is 0.573 e. The first-order valence-corrected chi connectivity index (χ1v) is 7.68. The van der Waals surface area contributed by atoms with E-state index in [0.29, 0.717) is 5.56 Å². The van der Waals surface area contributed by atoms with Gasteiger partial charge in [-0.3, -0.25) is 19.7 Å². The molecular weight excluding hydrogens is 397 g/mol. The fraction of sp³-hybridized carbons (Fsp3) is 0.357. The minimum atomic E-state index is -4.96. The summed E-state index contributed by atoms with van der Waals surface area (Å²) in [7, 11) is 0. The molecular formula is C14H10BrF3N2O4. The van der Waals surface area contributed by atoms with Crippen molar-refractivity contribution in [1.29, 1.82) is 0 Å². The Balaban J connectivity index is 1.95. The Labute approximate surface area is 142 Å². The van der Waals surface area contributed by atoms with Crippen molar-refractivity contribution in [2.45, 2.75) is 31.8 Å². The van der Waals surface area contributed by atoms with Crippen LogP contribution in [0.5, 0.6) is 5.75 Å². The summed E-state index contributed by atoms with van der Waals surface area (Å²) in [5, 5.41) is 2.13. The Hall–Kier alpha value is -2.10. The summed E-state index contributed by atoms with van der Waals surface area (Å²) in [5.74, 6) is -2.44. The van der Waals surface area contributed by atoms with Crippen molar-refractivity contribution in [1.82, 2.24) is 10.2 Å². The number of carbonyl (C=O) groups is 3. The van der Waals surface area contributed by atoms with E-state index in [1.54, 1.807) is 0 Å². The summed E-state index contributed by atoms with van der Waals surface area (Å²) in [6.07, 6.45) is -4.77. The van der Waals surface area contributed by atoms with Crippen LogP contribution in [0.1, 0.15) is 28.8 Å². The van der Waals surface area contributed by atoms with Crippen molar-refractivity contribution in [3.63, 3.8) is 0 Å². The number of nitrogens with zero attached hydrogens (tertiary/aromatic N) is 1. The molecule has 24 heavy (non-hydrogen) atoms. The van der Waals surface area contributed by atoms with Gasteiger partial charge in [0.15, 0.2) is 5.75 Å². The van der Waals surface area contributed by atoms with Gasteiger partial charge in [0.25, 0.3) is 5.91 Å². The normalized spacial score (nSPS) is 20.9. The van der Waals surface area contributed by atoms with E-state index < -0.39 is 35.9 Å². The van der Waals surface area contributed by atoms with E-state index in [0.717, 1.165) is 4.90 Å². The first-order chi connectivity index (χ1) is 11.2. The van der Waals surface area contributed by atoms with Gasteiger partial charge in [-0.15, -0.1) is 13.2 Å². The summed E-state index contributed by atoms with van der Waals surface area (Å²) in [6, 6.07) is 1.94. The average Bonchev–Trinajstić information content (AvgIpc) is 2.78. The van der Waals surface area contributed by atoms with E-state index in [1.807, 2.05) is 0 Å². The van der Waals surface area contributed by atoms with Crippen LogP contribution in [0.4, 0.5) is 13.2 Å². The number of piperidine rings is 1. The van der Waals surface area contributed by atoms with Crippen LogP contribution < -0.4 is 10.1 Å². The van der Waals surface area contributed by atoms with Gasteiger partial charge in [-0.05, 0) is 34.0 Å². The number of hydrogen-bond acceptors (Lipinski definition) is 4. The Morgan fingerprint density at radius 2 is 1.96 bits per heavy atom. The van der Waals surface area contributed by atoms with Crippen LogP contribution in [0.25, 0.3) is 0 Å². The second-order valence-electron chi connectivity index (χ2n) is 5.36. The summed E-state index contributed by atoms with van der Waals surface area (Å²) in [5.41, 5.74) is 0.0959. The molecule has 128 valence electrons. The van der Waals surface area contributed by atoms with Gasteiger partial charge in [0.05, 0.1) is 10.0 Å². The van der Waals surface area contributed by atoms with Crippen molar-refractivity contribution in [3.8, 4) is 5.75 Å². The zero-order valence-electron chi connectivity index (χ0n) is 11.9. The number of hydrogen-bond donors (Lipinski definition) is 1. The highest BCUT2D eigenvalue weighted by molar-refractivity contribution is 9.10. The molecule has 1 fully saturated rings. The van der Waals surface area contributed by atoms with E-state index in [2.05, 4.69) is 26.0 Å². The lowest BCUT2D eigenvalue weighted by atomic mass is 10.0. The predicted molar refractivity (Wildman–Crippen MR) is 76.9 cm³/mol. The van der Waals surface area contributed by atoms with Crippen molar-refractivity contribution in [2.24, 2.45) is 0 Å². The summed E-state index contributed by atoms with van der Waals surface area (Å²) in [6.45, 7) is -0.0259. The first kappa shape index (κ1) is 16.7. The van der Waals surface area contributed by atoms with Crippen LogP contribution in [-0.4, -0.2) is 35.0 Å². The van der Waals surface area contributed by atoms with Gasteiger partial charge in [-0.25, -0.2) is 0 Å². The fourth-order valence-electron chi connectivity index (χ4n) is 2.81. The van der Waals surface area contributed by atoms with E-state index in [4.69, 9.17) is 0 Å². The Morgan fingerprint density at radius 3 is 2.58 bits per heavy atom. The van der Waals surface area contributed by atoms with Gasteiger partial charge in [0, 0.05) is 13.0 Å². The molecule has 0 bridgehead atoms. The van der Waals surface area contributed by atoms with Gasteiger partial charge in [0.2, 0.25) is 11.8 Å². The number of benzene rings is 1. The van der Waals surface area contributed by atoms with Crippen LogP contribution in [-0.2, 0) is 16.1 Å². The maximum Gasteiger partial charge on any atom is 0.573 e. The molecule has 0 saturated carbocycles. The molecule has 0 aliphatic carbocycles. The van der Waals surface area contributed by atoms with Gasteiger partial charge < -0.3 is 9.64 Å². The molecule has 1 N–H and O–H groups in total. The summed E-state index contributed by atoms with van der Waals surface area (Å²) in [4.78, 5) is 36.9. The van der Waals surface area contributed by atoms with E-state index in [9.17, 15) is 27.6 Å². The number of ether oxygens (including phenoxy) is 1. The fourth-order valence-corrected chi connectivity index (χ4v) is 3.22. The quantitative estimate of drug-likeness (QED) is 0.763. The second-order valence-corrected chi connectivity index (χ2v) is 6.21. The highest BCUT2D eigenvalue weighted by Gasteiger charge is 2.43. The number of rotatable bonds is 2. The third kappa shape index (κ3) is 2.97. The molecule has 1 aromatic carbocycles. The highest BCUT2D eigenvalue weighted by Crippen LogP contribution is 2.40. The maximum atomic E-state index is 12.6. The van der Waals surface area contributed by atoms with Crippen LogP contribution >= 0.6 is 15.9 Å². The smallest absolute Gasteiger partial charge is 0.404 e. The van der Waals surface area contributed by atoms with E-state index in [-0.39, 0.29) is 29.4 Å². The lowest BCUT2D eigenvalue weighted by Gasteiger charge is -2.29. The number of nitrogens with one attached hydrogen (secondary N) is 1. The summed E-state index contributed by atoms with van der Waals surface area (Å²) >= 11 is 2.95. The van der Waals surface area contributed by atoms with Gasteiger partial charge in [-0.2, -0.15) is 0 Å². The Bertz CT molecular complexity index is 750.